The van der Waals surface area contributed by atoms with E-state index in [1.54, 1.807) is 6.08 Å². The van der Waals surface area contributed by atoms with Crippen molar-refractivity contribution in [2.24, 2.45) is 0 Å². The van der Waals surface area contributed by atoms with E-state index < -0.39 is 0 Å². The molecule has 0 aliphatic heterocycles. The highest BCUT2D eigenvalue weighted by molar-refractivity contribution is 5.73. The van der Waals surface area contributed by atoms with Gasteiger partial charge in [-0.3, -0.25) is 4.79 Å². The van der Waals surface area contributed by atoms with Crippen molar-refractivity contribution in [1.29, 1.82) is 0 Å². The summed E-state index contributed by atoms with van der Waals surface area (Å²) in [6.07, 6.45) is 1.79. The van der Waals surface area contributed by atoms with Crippen molar-refractivity contribution in [3.05, 3.63) is 42.0 Å². The van der Waals surface area contributed by atoms with Crippen molar-refractivity contribution in [1.82, 2.24) is 5.32 Å². The van der Waals surface area contributed by atoms with Crippen LogP contribution >= 0.6 is 0 Å². The highest BCUT2D eigenvalue weighted by Crippen LogP contribution is 2.03. The number of carbonyl (C=O) groups excluding carboxylic acids is 1. The molecule has 1 N–H and O–H groups in total. The van der Waals surface area contributed by atoms with E-state index in [1.807, 2.05) is 24.3 Å². The first-order valence-corrected chi connectivity index (χ1v) is 4.68. The highest BCUT2D eigenvalue weighted by atomic mass is 16.1. The van der Waals surface area contributed by atoms with Gasteiger partial charge in [0, 0.05) is 12.5 Å². The molecule has 0 radical (unpaired) electrons. The Bertz CT molecular complexity index is 406. The number of carbonyl (C=O) groups is 1. The Hall–Kier alpha value is -2.01. The van der Waals surface area contributed by atoms with E-state index in [1.165, 1.54) is 6.92 Å². The van der Waals surface area contributed by atoms with Crippen molar-refractivity contribution >= 4 is 12.0 Å². The van der Waals surface area contributed by atoms with Gasteiger partial charge in [0.15, 0.2) is 0 Å². The fraction of sp³-hybridized carbons (Fsp3) is 0.154. The van der Waals surface area contributed by atoms with Crippen molar-refractivity contribution in [2.45, 2.75) is 6.92 Å². The Morgan fingerprint density at radius 3 is 2.67 bits per heavy atom. The van der Waals surface area contributed by atoms with E-state index in [0.29, 0.717) is 6.54 Å². The lowest BCUT2D eigenvalue weighted by molar-refractivity contribution is -0.118. The smallest absolute Gasteiger partial charge is 0.217 e. The molecular weight excluding hydrogens is 186 g/mol. The number of hydrogen-bond acceptors (Lipinski definition) is 1. The van der Waals surface area contributed by atoms with Gasteiger partial charge in [-0.1, -0.05) is 36.6 Å². The molecule has 0 aliphatic carbocycles. The fourth-order valence-corrected chi connectivity index (χ4v) is 1.02. The van der Waals surface area contributed by atoms with Crippen molar-refractivity contribution in [2.75, 3.05) is 6.54 Å². The molecule has 0 saturated carbocycles. The molecule has 1 rings (SSSR count). The zero-order valence-corrected chi connectivity index (χ0v) is 8.71. The second kappa shape index (κ2) is 5.66. The monoisotopic (exact) mass is 199 g/mol. The molecule has 76 valence electrons. The largest absolute Gasteiger partial charge is 0.345 e. The van der Waals surface area contributed by atoms with Crippen LogP contribution < -0.4 is 5.32 Å². The Morgan fingerprint density at radius 1 is 1.47 bits per heavy atom. The van der Waals surface area contributed by atoms with Gasteiger partial charge in [0.05, 0.1) is 6.54 Å². The number of benzene rings is 1. The summed E-state index contributed by atoms with van der Waals surface area (Å²) in [6.45, 7) is 5.53. The van der Waals surface area contributed by atoms with Crippen LogP contribution in [0.15, 0.2) is 30.8 Å². The molecule has 15 heavy (non-hydrogen) atoms. The van der Waals surface area contributed by atoms with Crippen molar-refractivity contribution < 1.29 is 4.79 Å². The molecule has 2 heteroatoms. The zero-order chi connectivity index (χ0) is 11.1. The number of nitrogens with one attached hydrogen (secondary N) is 1. The normalized spacial score (nSPS) is 8.60. The quantitative estimate of drug-likeness (QED) is 0.723. The van der Waals surface area contributed by atoms with Crippen molar-refractivity contribution in [3.63, 3.8) is 0 Å². The number of rotatable bonds is 2. The molecule has 0 spiro atoms. The van der Waals surface area contributed by atoms with E-state index in [9.17, 15) is 4.79 Å². The van der Waals surface area contributed by atoms with Gasteiger partial charge in [0.1, 0.15) is 0 Å². The second-order valence-electron chi connectivity index (χ2n) is 3.04. The first-order valence-electron chi connectivity index (χ1n) is 4.68. The third-order valence-electron chi connectivity index (χ3n) is 1.80. The molecule has 1 amide bonds. The molecule has 0 bridgehead atoms. The number of hydrogen-bond donors (Lipinski definition) is 1. The summed E-state index contributed by atoms with van der Waals surface area (Å²) in [5.74, 6) is 5.75. The topological polar surface area (TPSA) is 29.1 Å². The van der Waals surface area contributed by atoms with Gasteiger partial charge in [-0.05, 0) is 17.7 Å². The zero-order valence-electron chi connectivity index (χ0n) is 8.71. The van der Waals surface area contributed by atoms with E-state index in [2.05, 4.69) is 23.7 Å². The molecule has 0 aliphatic rings. The summed E-state index contributed by atoms with van der Waals surface area (Å²) < 4.78 is 0. The Morgan fingerprint density at radius 2 is 2.13 bits per heavy atom. The molecule has 0 atom stereocenters. The predicted molar refractivity (Wildman–Crippen MR) is 62.1 cm³/mol. The average molecular weight is 199 g/mol. The molecule has 1 aromatic rings. The lowest BCUT2D eigenvalue weighted by atomic mass is 10.1. The molecule has 0 aromatic heterocycles. The van der Waals surface area contributed by atoms with Gasteiger partial charge in [0.2, 0.25) is 5.91 Å². The van der Waals surface area contributed by atoms with Gasteiger partial charge in [-0.15, -0.1) is 0 Å². The van der Waals surface area contributed by atoms with Gasteiger partial charge in [-0.25, -0.2) is 0 Å². The molecule has 0 saturated heterocycles. The van der Waals surface area contributed by atoms with Crippen LogP contribution in [0.3, 0.4) is 0 Å². The minimum atomic E-state index is -0.0636. The Labute approximate surface area is 90.0 Å². The third-order valence-corrected chi connectivity index (χ3v) is 1.80. The van der Waals surface area contributed by atoms with Crippen LogP contribution in [-0.4, -0.2) is 12.5 Å². The first-order chi connectivity index (χ1) is 7.22. The van der Waals surface area contributed by atoms with Crippen LogP contribution in [0.4, 0.5) is 0 Å². The summed E-state index contributed by atoms with van der Waals surface area (Å²) in [5.41, 5.74) is 2.01. The van der Waals surface area contributed by atoms with Crippen molar-refractivity contribution in [3.8, 4) is 11.8 Å². The van der Waals surface area contributed by atoms with Gasteiger partial charge in [0.25, 0.3) is 0 Å². The lowest BCUT2D eigenvalue weighted by Gasteiger charge is -1.93. The fourth-order valence-electron chi connectivity index (χ4n) is 1.02. The first kappa shape index (κ1) is 11.1. The average Bonchev–Trinajstić information content (AvgIpc) is 2.25. The van der Waals surface area contributed by atoms with Gasteiger partial charge < -0.3 is 5.32 Å². The minimum absolute atomic E-state index is 0.0636. The summed E-state index contributed by atoms with van der Waals surface area (Å²) in [6, 6.07) is 7.76. The SMILES string of the molecule is C=Cc1ccc(C#CCNC(C)=O)cc1. The summed E-state index contributed by atoms with van der Waals surface area (Å²) in [5, 5.41) is 2.61. The summed E-state index contributed by atoms with van der Waals surface area (Å²) in [4.78, 5) is 10.5. The second-order valence-corrected chi connectivity index (χ2v) is 3.04. The highest BCUT2D eigenvalue weighted by Gasteiger charge is 1.87. The molecular formula is C13H13NO. The molecule has 0 heterocycles. The molecule has 0 fully saturated rings. The molecule has 0 unspecified atom stereocenters. The minimum Gasteiger partial charge on any atom is -0.345 e. The van der Waals surface area contributed by atoms with E-state index >= 15 is 0 Å². The van der Waals surface area contributed by atoms with Crippen LogP contribution in [-0.2, 0) is 4.79 Å². The summed E-state index contributed by atoms with van der Waals surface area (Å²) in [7, 11) is 0. The summed E-state index contributed by atoms with van der Waals surface area (Å²) >= 11 is 0. The van der Waals surface area contributed by atoms with Crippen LogP contribution in [0, 0.1) is 11.8 Å². The van der Waals surface area contributed by atoms with Crippen LogP contribution in [0.2, 0.25) is 0 Å². The van der Waals surface area contributed by atoms with E-state index in [-0.39, 0.29) is 5.91 Å². The maximum Gasteiger partial charge on any atom is 0.217 e. The molecule has 1 aromatic carbocycles. The van der Waals surface area contributed by atoms with Crippen LogP contribution in [0.5, 0.6) is 0 Å². The van der Waals surface area contributed by atoms with Gasteiger partial charge >= 0.3 is 0 Å². The van der Waals surface area contributed by atoms with Crippen LogP contribution in [0.25, 0.3) is 6.08 Å². The maximum absolute atomic E-state index is 10.5. The third kappa shape index (κ3) is 4.15. The number of amides is 1. The van der Waals surface area contributed by atoms with E-state index in [0.717, 1.165) is 11.1 Å². The van der Waals surface area contributed by atoms with E-state index in [4.69, 9.17) is 0 Å². The Balaban J connectivity index is 2.56. The molecule has 2 nitrogen and oxygen atoms in total. The standard InChI is InChI=1S/C13H13NO/c1-3-12-6-8-13(9-7-12)5-4-10-14-11(2)15/h3,6-9H,1,10H2,2H3,(H,14,15). The maximum atomic E-state index is 10.5. The Kier molecular flexibility index (Phi) is 4.18. The predicted octanol–water partition coefficient (Wildman–Crippen LogP) is 1.82. The van der Waals surface area contributed by atoms with Crippen LogP contribution in [0.1, 0.15) is 18.1 Å². The lowest BCUT2D eigenvalue weighted by Crippen LogP contribution is -2.19. The van der Waals surface area contributed by atoms with Gasteiger partial charge in [-0.2, -0.15) is 0 Å².